The largest absolute Gasteiger partial charge is 0.497 e. The highest BCUT2D eigenvalue weighted by atomic mass is 16.6. The average Bonchev–Trinajstić information content (AvgIpc) is 3.18. The third-order valence-electron chi connectivity index (χ3n) is 3.85. The van der Waals surface area contributed by atoms with Crippen LogP contribution in [-0.2, 0) is 0 Å². The first-order valence-corrected chi connectivity index (χ1v) is 7.85. The van der Waals surface area contributed by atoms with Crippen LogP contribution < -0.4 is 14.8 Å². The number of non-ortho nitro benzene ring substituents is 1. The number of carbonyl (C=O) groups is 1. The van der Waals surface area contributed by atoms with Crippen LogP contribution in [0.25, 0.3) is 11.3 Å². The van der Waals surface area contributed by atoms with E-state index in [0.29, 0.717) is 11.4 Å². The normalized spacial score (nSPS) is 10.3. The summed E-state index contributed by atoms with van der Waals surface area (Å²) >= 11 is 0. The Kier molecular flexibility index (Phi) is 5.02. The highest BCUT2D eigenvalue weighted by Gasteiger charge is 2.16. The number of aromatic amines is 1. The lowest BCUT2D eigenvalue weighted by atomic mass is 10.1. The first-order chi connectivity index (χ1) is 13.0. The van der Waals surface area contributed by atoms with Gasteiger partial charge in [-0.25, -0.2) is 0 Å². The van der Waals surface area contributed by atoms with Crippen molar-refractivity contribution in [3.05, 3.63) is 64.3 Å². The maximum atomic E-state index is 12.5. The molecule has 2 aromatic carbocycles. The van der Waals surface area contributed by atoms with Crippen molar-refractivity contribution in [1.29, 1.82) is 0 Å². The molecular formula is C18H16N4O5. The Morgan fingerprint density at radius 1 is 1.11 bits per heavy atom. The lowest BCUT2D eigenvalue weighted by Crippen LogP contribution is -2.13. The number of nitro groups is 1. The zero-order valence-electron chi connectivity index (χ0n) is 14.6. The van der Waals surface area contributed by atoms with Crippen LogP contribution >= 0.6 is 0 Å². The van der Waals surface area contributed by atoms with E-state index in [1.165, 1.54) is 25.3 Å². The highest BCUT2D eigenvalue weighted by Crippen LogP contribution is 2.29. The Morgan fingerprint density at radius 2 is 1.85 bits per heavy atom. The number of aromatic nitrogens is 2. The summed E-state index contributed by atoms with van der Waals surface area (Å²) in [5, 5.41) is 20.3. The highest BCUT2D eigenvalue weighted by molar-refractivity contribution is 6.04. The van der Waals surface area contributed by atoms with Crippen molar-refractivity contribution in [1.82, 2.24) is 10.2 Å². The van der Waals surface area contributed by atoms with Gasteiger partial charge in [-0.3, -0.25) is 20.0 Å². The Labute approximate surface area is 154 Å². The van der Waals surface area contributed by atoms with Crippen molar-refractivity contribution in [3.63, 3.8) is 0 Å². The van der Waals surface area contributed by atoms with Gasteiger partial charge in [-0.15, -0.1) is 0 Å². The zero-order valence-corrected chi connectivity index (χ0v) is 14.6. The number of carbonyl (C=O) groups excluding carboxylic acids is 1. The van der Waals surface area contributed by atoms with E-state index in [2.05, 4.69) is 15.5 Å². The van der Waals surface area contributed by atoms with E-state index in [1.54, 1.807) is 25.3 Å². The number of rotatable bonds is 6. The van der Waals surface area contributed by atoms with Crippen LogP contribution in [0.4, 0.5) is 11.4 Å². The molecule has 0 aliphatic carbocycles. The molecule has 1 aromatic heterocycles. The molecule has 0 bridgehead atoms. The van der Waals surface area contributed by atoms with Gasteiger partial charge >= 0.3 is 0 Å². The second-order valence-corrected chi connectivity index (χ2v) is 5.49. The number of nitrogens with zero attached hydrogens (tertiary/aromatic N) is 2. The van der Waals surface area contributed by atoms with Gasteiger partial charge < -0.3 is 14.8 Å². The summed E-state index contributed by atoms with van der Waals surface area (Å²) in [5.74, 6) is 0.458. The lowest BCUT2D eigenvalue weighted by molar-refractivity contribution is -0.384. The summed E-state index contributed by atoms with van der Waals surface area (Å²) in [7, 11) is 2.95. The quantitative estimate of drug-likeness (QED) is 0.509. The molecule has 3 rings (SSSR count). The maximum absolute atomic E-state index is 12.5. The number of nitro benzene ring substituents is 1. The van der Waals surface area contributed by atoms with E-state index in [-0.39, 0.29) is 17.1 Å². The fraction of sp³-hybridized carbons (Fsp3) is 0.111. The van der Waals surface area contributed by atoms with E-state index in [4.69, 9.17) is 9.47 Å². The van der Waals surface area contributed by atoms with Gasteiger partial charge in [-0.1, -0.05) is 0 Å². The summed E-state index contributed by atoms with van der Waals surface area (Å²) in [6.07, 6.45) is 0. The molecule has 3 aromatic rings. The van der Waals surface area contributed by atoms with E-state index in [0.717, 1.165) is 11.3 Å². The molecule has 1 heterocycles. The first kappa shape index (κ1) is 17.9. The molecule has 0 radical (unpaired) electrons. The summed E-state index contributed by atoms with van der Waals surface area (Å²) in [6.45, 7) is 0. The zero-order chi connectivity index (χ0) is 19.4. The van der Waals surface area contributed by atoms with Crippen LogP contribution in [0.5, 0.6) is 11.5 Å². The van der Waals surface area contributed by atoms with E-state index in [1.807, 2.05) is 12.1 Å². The topological polar surface area (TPSA) is 119 Å². The number of amides is 1. The Hall–Kier alpha value is -3.88. The number of anilines is 1. The minimum Gasteiger partial charge on any atom is -0.497 e. The Morgan fingerprint density at radius 3 is 2.48 bits per heavy atom. The van der Waals surface area contributed by atoms with E-state index in [9.17, 15) is 14.9 Å². The molecule has 0 aliphatic rings. The second kappa shape index (κ2) is 7.56. The van der Waals surface area contributed by atoms with E-state index >= 15 is 0 Å². The molecule has 0 saturated heterocycles. The van der Waals surface area contributed by atoms with Gasteiger partial charge in [0.2, 0.25) is 0 Å². The van der Waals surface area contributed by atoms with Crippen LogP contribution in [0.1, 0.15) is 10.5 Å². The third-order valence-corrected chi connectivity index (χ3v) is 3.85. The molecule has 27 heavy (non-hydrogen) atoms. The number of hydrogen-bond donors (Lipinski definition) is 2. The molecule has 0 fully saturated rings. The van der Waals surface area contributed by atoms with E-state index < -0.39 is 10.8 Å². The minimum atomic E-state index is -0.538. The Balaban J connectivity index is 1.79. The van der Waals surface area contributed by atoms with Crippen LogP contribution in [0, 0.1) is 10.1 Å². The standard InChI is InChI=1S/C18H16N4O5/c1-26-13-6-3-11(4-7-13)15-10-16(21-20-15)18(23)19-14-8-5-12(22(24)25)9-17(14)27-2/h3-10H,1-2H3,(H,19,23)(H,20,21). The predicted octanol–water partition coefficient (Wildman–Crippen LogP) is 3.25. The molecular weight excluding hydrogens is 352 g/mol. The summed E-state index contributed by atoms with van der Waals surface area (Å²) in [5.41, 5.74) is 1.83. The smallest absolute Gasteiger partial charge is 0.273 e. The third kappa shape index (κ3) is 3.87. The van der Waals surface area contributed by atoms with Crippen LogP contribution in [-0.4, -0.2) is 35.2 Å². The van der Waals surface area contributed by atoms with Crippen molar-refractivity contribution >= 4 is 17.3 Å². The summed E-state index contributed by atoms with van der Waals surface area (Å²) in [4.78, 5) is 22.8. The molecule has 138 valence electrons. The average molecular weight is 368 g/mol. The van der Waals surface area contributed by atoms with Crippen LogP contribution in [0.3, 0.4) is 0 Å². The molecule has 1 amide bonds. The van der Waals surface area contributed by atoms with Crippen molar-refractivity contribution in [2.75, 3.05) is 19.5 Å². The molecule has 0 spiro atoms. The number of hydrogen-bond acceptors (Lipinski definition) is 6. The van der Waals surface area contributed by atoms with Gasteiger partial charge in [0.05, 0.1) is 36.6 Å². The van der Waals surface area contributed by atoms with Gasteiger partial charge in [0.25, 0.3) is 11.6 Å². The fourth-order valence-corrected chi connectivity index (χ4v) is 2.43. The molecule has 9 nitrogen and oxygen atoms in total. The minimum absolute atomic E-state index is 0.131. The van der Waals surface area contributed by atoms with Gasteiger partial charge in [0.1, 0.15) is 17.2 Å². The molecule has 0 aliphatic heterocycles. The van der Waals surface area contributed by atoms with Crippen LogP contribution in [0.2, 0.25) is 0 Å². The lowest BCUT2D eigenvalue weighted by Gasteiger charge is -2.09. The molecule has 9 heteroatoms. The second-order valence-electron chi connectivity index (χ2n) is 5.49. The summed E-state index contributed by atoms with van der Waals surface area (Å²) in [6, 6.07) is 12.8. The first-order valence-electron chi connectivity index (χ1n) is 7.85. The van der Waals surface area contributed by atoms with Crippen molar-refractivity contribution in [3.8, 4) is 22.8 Å². The molecule has 0 unspecified atom stereocenters. The SMILES string of the molecule is COc1ccc(-c2cc(C(=O)Nc3ccc([N+](=O)[O-])cc3OC)[nH]n2)cc1. The number of H-pyrrole nitrogens is 1. The monoisotopic (exact) mass is 368 g/mol. The van der Waals surface area contributed by atoms with Crippen molar-refractivity contribution in [2.45, 2.75) is 0 Å². The molecule has 0 saturated carbocycles. The molecule has 0 atom stereocenters. The number of nitrogens with one attached hydrogen (secondary N) is 2. The Bertz CT molecular complexity index is 982. The fourth-order valence-electron chi connectivity index (χ4n) is 2.43. The van der Waals surface area contributed by atoms with Gasteiger partial charge in [0.15, 0.2) is 0 Å². The number of methoxy groups -OCH3 is 2. The predicted molar refractivity (Wildman–Crippen MR) is 98.2 cm³/mol. The van der Waals surface area contributed by atoms with Crippen LogP contribution in [0.15, 0.2) is 48.5 Å². The summed E-state index contributed by atoms with van der Waals surface area (Å²) < 4.78 is 10.2. The number of benzene rings is 2. The van der Waals surface area contributed by atoms with Crippen molar-refractivity contribution < 1.29 is 19.2 Å². The number of ether oxygens (including phenoxy) is 2. The van der Waals surface area contributed by atoms with Gasteiger partial charge in [0, 0.05) is 11.6 Å². The maximum Gasteiger partial charge on any atom is 0.273 e. The van der Waals surface area contributed by atoms with Crippen molar-refractivity contribution in [2.24, 2.45) is 0 Å². The van der Waals surface area contributed by atoms with Gasteiger partial charge in [-0.2, -0.15) is 5.10 Å². The van der Waals surface area contributed by atoms with Gasteiger partial charge in [-0.05, 0) is 36.4 Å². The molecule has 2 N–H and O–H groups in total.